The van der Waals surface area contributed by atoms with E-state index in [0.29, 0.717) is 29.4 Å². The number of hydrogen-bond donors (Lipinski definition) is 0. The fourth-order valence-electron chi connectivity index (χ4n) is 2.12. The van der Waals surface area contributed by atoms with Crippen molar-refractivity contribution in [1.29, 1.82) is 0 Å². The highest BCUT2D eigenvalue weighted by Crippen LogP contribution is 2.34. The zero-order chi connectivity index (χ0) is 15.4. The van der Waals surface area contributed by atoms with E-state index in [9.17, 15) is 4.79 Å². The highest BCUT2D eigenvalue weighted by molar-refractivity contribution is 6.30. The Labute approximate surface area is 133 Å². The second-order valence-corrected chi connectivity index (χ2v) is 5.17. The first-order valence-corrected chi connectivity index (χ1v) is 7.16. The summed E-state index contributed by atoms with van der Waals surface area (Å²) in [6.07, 6.45) is 0.665. The van der Waals surface area contributed by atoms with Crippen LogP contribution in [0.15, 0.2) is 65.1 Å². The number of ether oxygens (including phenoxy) is 1. The van der Waals surface area contributed by atoms with Crippen molar-refractivity contribution in [2.24, 2.45) is 0 Å². The van der Waals surface area contributed by atoms with Crippen LogP contribution in [-0.4, -0.2) is 6.29 Å². The maximum atomic E-state index is 10.8. The molecule has 0 atom stereocenters. The molecular weight excluding hydrogens is 300 g/mol. The zero-order valence-electron chi connectivity index (χ0n) is 11.7. The summed E-state index contributed by atoms with van der Waals surface area (Å²) >= 11 is 6.06. The molecule has 0 radical (unpaired) electrons. The lowest BCUT2D eigenvalue weighted by atomic mass is 10.1. The molecule has 22 heavy (non-hydrogen) atoms. The molecule has 0 saturated carbocycles. The van der Waals surface area contributed by atoms with Crippen molar-refractivity contribution in [2.45, 2.75) is 6.61 Å². The van der Waals surface area contributed by atoms with Gasteiger partial charge in [0.2, 0.25) is 0 Å². The lowest BCUT2D eigenvalue weighted by Crippen LogP contribution is -1.96. The average Bonchev–Trinajstić information content (AvgIpc) is 3.03. The summed E-state index contributed by atoms with van der Waals surface area (Å²) in [6, 6.07) is 18.5. The van der Waals surface area contributed by atoms with E-state index >= 15 is 0 Å². The number of aldehydes is 1. The van der Waals surface area contributed by atoms with Crippen LogP contribution < -0.4 is 4.74 Å². The average molecular weight is 313 g/mol. The highest BCUT2D eigenvalue weighted by Gasteiger charge is 2.12. The molecule has 0 bridgehead atoms. The van der Waals surface area contributed by atoms with Gasteiger partial charge in [0.1, 0.15) is 18.1 Å². The van der Waals surface area contributed by atoms with Gasteiger partial charge in [-0.1, -0.05) is 41.9 Å². The van der Waals surface area contributed by atoms with Crippen LogP contribution in [0.3, 0.4) is 0 Å². The van der Waals surface area contributed by atoms with Crippen molar-refractivity contribution in [2.75, 3.05) is 0 Å². The monoisotopic (exact) mass is 312 g/mol. The first kappa shape index (κ1) is 14.4. The van der Waals surface area contributed by atoms with Gasteiger partial charge in [-0.15, -0.1) is 0 Å². The number of benzene rings is 2. The van der Waals surface area contributed by atoms with Crippen LogP contribution in [-0.2, 0) is 6.61 Å². The lowest BCUT2D eigenvalue weighted by Gasteiger charge is -2.10. The molecule has 110 valence electrons. The predicted molar refractivity (Wildman–Crippen MR) is 85.3 cm³/mol. The molecule has 0 fully saturated rings. The van der Waals surface area contributed by atoms with Gasteiger partial charge < -0.3 is 9.15 Å². The number of furan rings is 1. The maximum Gasteiger partial charge on any atom is 0.185 e. The summed E-state index contributed by atoms with van der Waals surface area (Å²) in [4.78, 5) is 10.8. The first-order chi connectivity index (χ1) is 10.8. The molecular formula is C18H13ClO3. The first-order valence-electron chi connectivity index (χ1n) is 6.78. The lowest BCUT2D eigenvalue weighted by molar-refractivity contribution is 0.110. The van der Waals surface area contributed by atoms with Crippen molar-refractivity contribution < 1.29 is 13.9 Å². The summed E-state index contributed by atoms with van der Waals surface area (Å²) in [5, 5.41) is 0.575. The molecule has 0 aliphatic heterocycles. The molecule has 0 aliphatic carbocycles. The molecule has 0 amide bonds. The summed E-state index contributed by atoms with van der Waals surface area (Å²) < 4.78 is 11.3. The van der Waals surface area contributed by atoms with Crippen LogP contribution in [0.4, 0.5) is 0 Å². The van der Waals surface area contributed by atoms with Crippen molar-refractivity contribution >= 4 is 17.9 Å². The van der Waals surface area contributed by atoms with E-state index in [1.54, 1.807) is 30.3 Å². The fourth-order valence-corrected chi connectivity index (χ4v) is 2.29. The topological polar surface area (TPSA) is 39.4 Å². The van der Waals surface area contributed by atoms with Gasteiger partial charge in [0, 0.05) is 5.02 Å². The van der Waals surface area contributed by atoms with Crippen molar-refractivity contribution in [3.63, 3.8) is 0 Å². The van der Waals surface area contributed by atoms with Crippen LogP contribution in [0.1, 0.15) is 16.1 Å². The van der Waals surface area contributed by atoms with Gasteiger partial charge in [-0.05, 0) is 35.9 Å². The molecule has 1 aromatic heterocycles. The van der Waals surface area contributed by atoms with Crippen molar-refractivity contribution in [3.8, 4) is 17.1 Å². The number of rotatable bonds is 5. The Hall–Kier alpha value is -2.52. The van der Waals surface area contributed by atoms with Gasteiger partial charge in [0.25, 0.3) is 0 Å². The Bertz CT molecular complexity index is 778. The molecule has 1 heterocycles. The summed E-state index contributed by atoms with van der Waals surface area (Å²) in [6.45, 7) is 0.441. The molecule has 0 unspecified atom stereocenters. The van der Waals surface area contributed by atoms with Gasteiger partial charge in [0.05, 0.1) is 5.56 Å². The van der Waals surface area contributed by atoms with Gasteiger partial charge in [0.15, 0.2) is 12.0 Å². The van der Waals surface area contributed by atoms with Crippen LogP contribution >= 0.6 is 11.6 Å². The molecule has 3 aromatic rings. The van der Waals surface area contributed by atoms with Gasteiger partial charge in [-0.25, -0.2) is 0 Å². The summed E-state index contributed by atoms with van der Waals surface area (Å²) in [5.41, 5.74) is 1.79. The van der Waals surface area contributed by atoms with Crippen molar-refractivity contribution in [1.82, 2.24) is 0 Å². The highest BCUT2D eigenvalue weighted by atomic mass is 35.5. The third-order valence-electron chi connectivity index (χ3n) is 3.19. The molecule has 4 heteroatoms. The van der Waals surface area contributed by atoms with Crippen LogP contribution in [0.5, 0.6) is 5.75 Å². The van der Waals surface area contributed by atoms with E-state index in [0.717, 1.165) is 11.1 Å². The summed E-state index contributed by atoms with van der Waals surface area (Å²) in [5.74, 6) is 1.47. The summed E-state index contributed by atoms with van der Waals surface area (Å²) in [7, 11) is 0. The molecule has 2 aromatic carbocycles. The Morgan fingerprint density at radius 1 is 1.05 bits per heavy atom. The van der Waals surface area contributed by atoms with Crippen LogP contribution in [0, 0.1) is 0 Å². The Kier molecular flexibility index (Phi) is 4.26. The zero-order valence-corrected chi connectivity index (χ0v) is 12.4. The molecule has 0 spiro atoms. The maximum absolute atomic E-state index is 10.8. The third kappa shape index (κ3) is 3.21. The second-order valence-electron chi connectivity index (χ2n) is 4.73. The van der Waals surface area contributed by atoms with E-state index in [4.69, 9.17) is 20.8 Å². The van der Waals surface area contributed by atoms with Crippen LogP contribution in [0.25, 0.3) is 11.3 Å². The molecule has 3 rings (SSSR count). The van der Waals surface area contributed by atoms with Gasteiger partial charge >= 0.3 is 0 Å². The molecule has 3 nitrogen and oxygen atoms in total. The van der Waals surface area contributed by atoms with Crippen LogP contribution in [0.2, 0.25) is 5.02 Å². The SMILES string of the molecule is O=Cc1ccc(-c2cc(Cl)ccc2OCc2ccccc2)o1. The quantitative estimate of drug-likeness (QED) is 0.623. The van der Waals surface area contributed by atoms with E-state index in [1.807, 2.05) is 30.3 Å². The molecule has 0 saturated heterocycles. The van der Waals surface area contributed by atoms with E-state index in [1.165, 1.54) is 0 Å². The fraction of sp³-hybridized carbons (Fsp3) is 0.0556. The molecule has 0 aliphatic rings. The van der Waals surface area contributed by atoms with Crippen molar-refractivity contribution in [3.05, 3.63) is 77.0 Å². The van der Waals surface area contributed by atoms with Gasteiger partial charge in [-0.3, -0.25) is 4.79 Å². The normalized spacial score (nSPS) is 10.4. The minimum absolute atomic E-state index is 0.268. The second kappa shape index (κ2) is 6.50. The minimum atomic E-state index is 0.268. The van der Waals surface area contributed by atoms with Gasteiger partial charge in [-0.2, -0.15) is 0 Å². The third-order valence-corrected chi connectivity index (χ3v) is 3.42. The smallest absolute Gasteiger partial charge is 0.185 e. The number of carbonyl (C=O) groups is 1. The predicted octanol–water partition coefficient (Wildman–Crippen LogP) is 4.99. The Balaban J connectivity index is 1.89. The van der Waals surface area contributed by atoms with E-state index < -0.39 is 0 Å². The van der Waals surface area contributed by atoms with E-state index in [2.05, 4.69) is 0 Å². The number of halogens is 1. The largest absolute Gasteiger partial charge is 0.488 e. The Morgan fingerprint density at radius 2 is 1.86 bits per heavy atom. The number of carbonyl (C=O) groups excluding carboxylic acids is 1. The minimum Gasteiger partial charge on any atom is -0.488 e. The number of hydrogen-bond acceptors (Lipinski definition) is 3. The molecule has 0 N–H and O–H groups in total. The standard InChI is InChI=1S/C18H13ClO3/c19-14-6-8-17(21-12-13-4-2-1-3-5-13)16(10-14)18-9-7-15(11-20)22-18/h1-11H,12H2. The van der Waals surface area contributed by atoms with E-state index in [-0.39, 0.29) is 5.76 Å². The Morgan fingerprint density at radius 3 is 2.59 bits per heavy atom.